The van der Waals surface area contributed by atoms with Crippen molar-refractivity contribution in [3.8, 4) is 0 Å². The number of likely N-dealkylation sites (tertiary alicyclic amines) is 1. The third-order valence-electron chi connectivity index (χ3n) is 6.13. The molecule has 3 N–H and O–H groups in total. The summed E-state index contributed by atoms with van der Waals surface area (Å²) in [6.07, 6.45) is 2.74. The fraction of sp³-hybridized carbons (Fsp3) is 0.545. The van der Waals surface area contributed by atoms with Gasteiger partial charge in [0.1, 0.15) is 11.9 Å². The average Bonchev–Trinajstić information content (AvgIpc) is 3.45. The van der Waals surface area contributed by atoms with Crippen molar-refractivity contribution < 1.29 is 14.4 Å². The van der Waals surface area contributed by atoms with Gasteiger partial charge in [0, 0.05) is 37.4 Å². The number of hydrogen-bond acceptors (Lipinski definition) is 4. The first-order valence-corrected chi connectivity index (χ1v) is 10.8. The van der Waals surface area contributed by atoms with Crippen molar-refractivity contribution >= 4 is 28.8 Å². The van der Waals surface area contributed by atoms with E-state index in [0.29, 0.717) is 19.5 Å². The summed E-state index contributed by atoms with van der Waals surface area (Å²) in [5.41, 5.74) is 1.87. The Labute approximate surface area is 175 Å². The molecule has 3 amide bonds. The van der Waals surface area contributed by atoms with Crippen LogP contribution in [0.5, 0.6) is 0 Å². The Balaban J connectivity index is 1.24. The molecule has 0 spiro atoms. The number of benzene rings is 1. The van der Waals surface area contributed by atoms with Crippen molar-refractivity contribution in [2.24, 2.45) is 5.92 Å². The number of aromatic nitrogens is 2. The lowest BCUT2D eigenvalue weighted by Crippen LogP contribution is -2.52. The van der Waals surface area contributed by atoms with Crippen molar-refractivity contribution in [2.75, 3.05) is 13.1 Å². The summed E-state index contributed by atoms with van der Waals surface area (Å²) in [5.74, 6) is 0.638. The van der Waals surface area contributed by atoms with Gasteiger partial charge < -0.3 is 20.5 Å². The standard InChI is InChI=1S/C22H29N5O3/c1-3-19(28)27-10-8-14(9-11-27)24-21(29)13(2)23-22(30)16-12-15(16)20-25-17-6-4-5-7-18(17)26-20/h4-7,13-16H,3,8-12H2,1-2H3,(H,23,30)(H,24,29)(H,25,26)/t13-,15-,16-/m0/s1. The summed E-state index contributed by atoms with van der Waals surface area (Å²) in [4.78, 5) is 46.6. The highest BCUT2D eigenvalue weighted by Gasteiger charge is 2.46. The van der Waals surface area contributed by atoms with Crippen LogP contribution in [0, 0.1) is 5.92 Å². The molecule has 8 nitrogen and oxygen atoms in total. The summed E-state index contributed by atoms with van der Waals surface area (Å²) in [6.45, 7) is 4.90. The van der Waals surface area contributed by atoms with Gasteiger partial charge in [-0.2, -0.15) is 0 Å². The Kier molecular flexibility index (Phi) is 5.74. The van der Waals surface area contributed by atoms with Gasteiger partial charge in [-0.25, -0.2) is 4.98 Å². The molecule has 2 fully saturated rings. The number of nitrogens with one attached hydrogen (secondary N) is 3. The van der Waals surface area contributed by atoms with Crippen LogP contribution in [0.4, 0.5) is 0 Å². The number of imidazole rings is 1. The van der Waals surface area contributed by atoms with Crippen LogP contribution in [0.15, 0.2) is 24.3 Å². The molecule has 0 bridgehead atoms. The number of aromatic amines is 1. The van der Waals surface area contributed by atoms with E-state index in [0.717, 1.165) is 36.1 Å². The molecule has 2 aromatic rings. The van der Waals surface area contributed by atoms with E-state index in [4.69, 9.17) is 0 Å². The smallest absolute Gasteiger partial charge is 0.242 e. The Morgan fingerprint density at radius 2 is 1.97 bits per heavy atom. The monoisotopic (exact) mass is 411 g/mol. The quantitative estimate of drug-likeness (QED) is 0.672. The summed E-state index contributed by atoms with van der Waals surface area (Å²) in [5, 5.41) is 5.85. The second-order valence-corrected chi connectivity index (χ2v) is 8.34. The fourth-order valence-corrected chi connectivity index (χ4v) is 4.14. The number of piperidine rings is 1. The predicted octanol–water partition coefficient (Wildman–Crippen LogP) is 1.69. The van der Waals surface area contributed by atoms with Crippen molar-refractivity contribution in [3.05, 3.63) is 30.1 Å². The van der Waals surface area contributed by atoms with E-state index in [-0.39, 0.29) is 35.6 Å². The van der Waals surface area contributed by atoms with Crippen LogP contribution < -0.4 is 10.6 Å². The molecule has 1 saturated carbocycles. The second kappa shape index (κ2) is 8.45. The van der Waals surface area contributed by atoms with Crippen LogP contribution in [0.1, 0.15) is 51.3 Å². The topological polar surface area (TPSA) is 107 Å². The van der Waals surface area contributed by atoms with E-state index in [1.165, 1.54) is 0 Å². The Morgan fingerprint density at radius 1 is 1.23 bits per heavy atom. The molecule has 1 aromatic carbocycles. The molecule has 1 aliphatic heterocycles. The number of rotatable bonds is 6. The summed E-state index contributed by atoms with van der Waals surface area (Å²) in [6, 6.07) is 7.26. The third-order valence-corrected chi connectivity index (χ3v) is 6.13. The first-order valence-electron chi connectivity index (χ1n) is 10.8. The maximum absolute atomic E-state index is 12.6. The molecule has 0 radical (unpaired) electrons. The van der Waals surface area contributed by atoms with Gasteiger partial charge in [-0.1, -0.05) is 19.1 Å². The van der Waals surface area contributed by atoms with Crippen molar-refractivity contribution in [1.82, 2.24) is 25.5 Å². The highest BCUT2D eigenvalue weighted by Crippen LogP contribution is 2.46. The molecule has 1 aromatic heterocycles. The molecule has 1 aliphatic carbocycles. The molecule has 3 atom stereocenters. The average molecular weight is 412 g/mol. The van der Waals surface area contributed by atoms with Crippen LogP contribution >= 0.6 is 0 Å². The van der Waals surface area contributed by atoms with Crippen LogP contribution in [0.2, 0.25) is 0 Å². The van der Waals surface area contributed by atoms with Crippen LogP contribution in [0.3, 0.4) is 0 Å². The molecule has 4 rings (SSSR count). The molecule has 160 valence electrons. The van der Waals surface area contributed by atoms with Crippen LogP contribution in [-0.4, -0.2) is 57.8 Å². The van der Waals surface area contributed by atoms with Gasteiger partial charge in [0.15, 0.2) is 0 Å². The van der Waals surface area contributed by atoms with Gasteiger partial charge in [0.05, 0.1) is 11.0 Å². The molecular weight excluding hydrogens is 382 g/mol. The summed E-state index contributed by atoms with van der Waals surface area (Å²) < 4.78 is 0. The SMILES string of the molecule is CCC(=O)N1CCC(NC(=O)[C@H](C)NC(=O)[C@H]2C[C@@H]2c2nc3ccccc3[nH]2)CC1. The first kappa shape index (κ1) is 20.4. The summed E-state index contributed by atoms with van der Waals surface area (Å²) in [7, 11) is 0. The number of carbonyl (C=O) groups excluding carboxylic acids is 3. The van der Waals surface area contributed by atoms with E-state index < -0.39 is 6.04 Å². The van der Waals surface area contributed by atoms with Gasteiger partial charge in [-0.3, -0.25) is 14.4 Å². The van der Waals surface area contributed by atoms with Crippen molar-refractivity contribution in [3.63, 3.8) is 0 Å². The van der Waals surface area contributed by atoms with E-state index in [1.807, 2.05) is 36.1 Å². The molecule has 1 saturated heterocycles. The lowest BCUT2D eigenvalue weighted by molar-refractivity contribution is -0.132. The molecule has 2 aliphatic rings. The number of fused-ring (bicyclic) bond motifs is 1. The fourth-order valence-electron chi connectivity index (χ4n) is 4.14. The molecule has 0 unspecified atom stereocenters. The predicted molar refractivity (Wildman–Crippen MR) is 113 cm³/mol. The van der Waals surface area contributed by atoms with Gasteiger partial charge in [-0.05, 0) is 38.3 Å². The highest BCUT2D eigenvalue weighted by atomic mass is 16.2. The van der Waals surface area contributed by atoms with E-state index >= 15 is 0 Å². The molecule has 30 heavy (non-hydrogen) atoms. The minimum atomic E-state index is -0.593. The Hall–Kier alpha value is -2.90. The van der Waals surface area contributed by atoms with Gasteiger partial charge in [0.25, 0.3) is 0 Å². The number of hydrogen-bond donors (Lipinski definition) is 3. The number of H-pyrrole nitrogens is 1. The zero-order valence-corrected chi connectivity index (χ0v) is 17.5. The van der Waals surface area contributed by atoms with Crippen molar-refractivity contribution in [2.45, 2.75) is 57.5 Å². The highest BCUT2D eigenvalue weighted by molar-refractivity contribution is 5.90. The number of amides is 3. The first-order chi connectivity index (χ1) is 14.5. The molecule has 8 heteroatoms. The van der Waals surface area contributed by atoms with E-state index in [9.17, 15) is 14.4 Å². The maximum Gasteiger partial charge on any atom is 0.242 e. The van der Waals surface area contributed by atoms with Crippen molar-refractivity contribution in [1.29, 1.82) is 0 Å². The number of carbonyl (C=O) groups is 3. The third kappa shape index (κ3) is 4.32. The minimum Gasteiger partial charge on any atom is -0.351 e. The van der Waals surface area contributed by atoms with Gasteiger partial charge in [0.2, 0.25) is 17.7 Å². The lowest BCUT2D eigenvalue weighted by Gasteiger charge is -2.32. The Bertz CT molecular complexity index is 914. The lowest BCUT2D eigenvalue weighted by atomic mass is 10.0. The largest absolute Gasteiger partial charge is 0.351 e. The zero-order chi connectivity index (χ0) is 21.3. The van der Waals surface area contributed by atoms with Gasteiger partial charge in [-0.15, -0.1) is 0 Å². The Morgan fingerprint density at radius 3 is 2.67 bits per heavy atom. The maximum atomic E-state index is 12.6. The molecular formula is C22H29N5O3. The zero-order valence-electron chi connectivity index (χ0n) is 17.5. The van der Waals surface area contributed by atoms with E-state index in [2.05, 4.69) is 20.6 Å². The summed E-state index contributed by atoms with van der Waals surface area (Å²) >= 11 is 0. The number of para-hydroxylation sites is 2. The van der Waals surface area contributed by atoms with E-state index in [1.54, 1.807) is 6.92 Å². The van der Waals surface area contributed by atoms with Crippen LogP contribution in [0.25, 0.3) is 11.0 Å². The minimum absolute atomic E-state index is 0.0435. The molecule has 2 heterocycles. The second-order valence-electron chi connectivity index (χ2n) is 8.34. The normalized spacial score (nSPS) is 22.5. The van der Waals surface area contributed by atoms with Gasteiger partial charge >= 0.3 is 0 Å². The number of nitrogens with zero attached hydrogens (tertiary/aromatic N) is 2. The van der Waals surface area contributed by atoms with Crippen LogP contribution in [-0.2, 0) is 14.4 Å².